The molecule has 0 aromatic heterocycles. The van der Waals surface area contributed by atoms with Crippen LogP contribution in [0.1, 0.15) is 36.8 Å². The third-order valence-electron chi connectivity index (χ3n) is 4.20. The van der Waals surface area contributed by atoms with Crippen LogP contribution < -0.4 is 5.32 Å². The highest BCUT2D eigenvalue weighted by Crippen LogP contribution is 2.41. The first kappa shape index (κ1) is 11.2. The number of fused-ring (bicyclic) bond motifs is 1. The highest BCUT2D eigenvalue weighted by Gasteiger charge is 2.43. The predicted molar refractivity (Wildman–Crippen MR) is 64.3 cm³/mol. The van der Waals surface area contributed by atoms with Gasteiger partial charge in [0.2, 0.25) is 0 Å². The zero-order valence-electron chi connectivity index (χ0n) is 9.88. The van der Waals surface area contributed by atoms with Gasteiger partial charge in [0.25, 0.3) is 0 Å². The summed E-state index contributed by atoms with van der Waals surface area (Å²) in [6.07, 6.45) is 4.85. The summed E-state index contributed by atoms with van der Waals surface area (Å²) in [5.74, 6) is -0.204. The summed E-state index contributed by atoms with van der Waals surface area (Å²) in [7, 11) is 0. The van der Waals surface area contributed by atoms with Crippen LogP contribution in [0.25, 0.3) is 0 Å². The van der Waals surface area contributed by atoms with Crippen LogP contribution in [-0.2, 0) is 12.0 Å². The van der Waals surface area contributed by atoms with Gasteiger partial charge in [0.05, 0.1) is 0 Å². The first-order chi connectivity index (χ1) is 8.20. The minimum Gasteiger partial charge on any atom is -0.384 e. The quantitative estimate of drug-likeness (QED) is 0.781. The number of hydrogen-bond donors (Lipinski definition) is 2. The number of aliphatic hydroxyl groups is 1. The van der Waals surface area contributed by atoms with E-state index in [0.29, 0.717) is 6.42 Å². The topological polar surface area (TPSA) is 32.3 Å². The average Bonchev–Trinajstić information content (AvgIpc) is 2.69. The first-order valence-corrected chi connectivity index (χ1v) is 6.45. The van der Waals surface area contributed by atoms with Gasteiger partial charge in [0.15, 0.2) is 0 Å². The minimum atomic E-state index is -0.788. The second-order valence-electron chi connectivity index (χ2n) is 5.23. The highest BCUT2D eigenvalue weighted by atomic mass is 19.1. The SMILES string of the molecule is OC1(C2CCCCN2)CCc2cc(F)ccc21. The summed E-state index contributed by atoms with van der Waals surface area (Å²) in [6, 6.07) is 4.91. The molecule has 0 saturated carbocycles. The van der Waals surface area contributed by atoms with Crippen molar-refractivity contribution in [2.45, 2.75) is 43.7 Å². The maximum absolute atomic E-state index is 13.2. The van der Waals surface area contributed by atoms with E-state index < -0.39 is 5.60 Å². The maximum Gasteiger partial charge on any atom is 0.123 e. The molecular weight excluding hydrogens is 217 g/mol. The summed E-state index contributed by atoms with van der Waals surface area (Å²) >= 11 is 0. The van der Waals surface area contributed by atoms with Crippen molar-refractivity contribution in [2.24, 2.45) is 0 Å². The number of halogens is 1. The fourth-order valence-corrected chi connectivity index (χ4v) is 3.27. The molecule has 2 unspecified atom stereocenters. The van der Waals surface area contributed by atoms with Gasteiger partial charge < -0.3 is 10.4 Å². The van der Waals surface area contributed by atoms with E-state index >= 15 is 0 Å². The van der Waals surface area contributed by atoms with Gasteiger partial charge in [-0.1, -0.05) is 12.5 Å². The van der Waals surface area contributed by atoms with E-state index in [1.165, 1.54) is 12.5 Å². The van der Waals surface area contributed by atoms with Crippen LogP contribution in [0.15, 0.2) is 18.2 Å². The summed E-state index contributed by atoms with van der Waals surface area (Å²) in [5.41, 5.74) is 1.11. The molecule has 1 aliphatic carbocycles. The zero-order chi connectivity index (χ0) is 11.9. The zero-order valence-corrected chi connectivity index (χ0v) is 9.88. The molecule has 1 aromatic rings. The van der Waals surface area contributed by atoms with Crippen molar-refractivity contribution >= 4 is 0 Å². The lowest BCUT2D eigenvalue weighted by Crippen LogP contribution is -2.49. The van der Waals surface area contributed by atoms with Crippen LogP contribution >= 0.6 is 0 Å². The molecule has 92 valence electrons. The van der Waals surface area contributed by atoms with Crippen molar-refractivity contribution in [1.82, 2.24) is 5.32 Å². The molecule has 0 bridgehead atoms. The van der Waals surface area contributed by atoms with Crippen LogP contribution in [0.2, 0.25) is 0 Å². The third kappa shape index (κ3) is 1.78. The second kappa shape index (κ2) is 4.07. The molecule has 1 heterocycles. The van der Waals surface area contributed by atoms with E-state index in [0.717, 1.165) is 36.9 Å². The Morgan fingerprint density at radius 1 is 1.35 bits per heavy atom. The lowest BCUT2D eigenvalue weighted by atomic mass is 9.83. The Labute approximate surface area is 101 Å². The molecule has 1 aliphatic heterocycles. The molecule has 0 radical (unpaired) electrons. The van der Waals surface area contributed by atoms with Crippen LogP contribution in [0.4, 0.5) is 4.39 Å². The van der Waals surface area contributed by atoms with Gasteiger partial charge in [-0.05, 0) is 55.5 Å². The normalized spacial score (nSPS) is 32.5. The van der Waals surface area contributed by atoms with Crippen molar-refractivity contribution in [1.29, 1.82) is 0 Å². The Balaban J connectivity index is 1.95. The smallest absolute Gasteiger partial charge is 0.123 e. The Kier molecular flexibility index (Phi) is 2.68. The molecule has 1 fully saturated rings. The molecule has 2 N–H and O–H groups in total. The van der Waals surface area contributed by atoms with Crippen molar-refractivity contribution in [3.8, 4) is 0 Å². The van der Waals surface area contributed by atoms with E-state index in [-0.39, 0.29) is 11.9 Å². The molecule has 1 aromatic carbocycles. The Hall–Kier alpha value is -0.930. The lowest BCUT2D eigenvalue weighted by Gasteiger charge is -2.37. The summed E-state index contributed by atoms with van der Waals surface area (Å²) in [6.45, 7) is 0.976. The van der Waals surface area contributed by atoms with Crippen molar-refractivity contribution in [3.63, 3.8) is 0 Å². The van der Waals surface area contributed by atoms with Gasteiger partial charge in [-0.25, -0.2) is 4.39 Å². The van der Waals surface area contributed by atoms with Crippen LogP contribution in [0, 0.1) is 5.82 Å². The number of piperidine rings is 1. The van der Waals surface area contributed by atoms with Gasteiger partial charge in [-0.2, -0.15) is 0 Å². The Morgan fingerprint density at radius 3 is 3.00 bits per heavy atom. The highest BCUT2D eigenvalue weighted by molar-refractivity contribution is 5.39. The molecule has 17 heavy (non-hydrogen) atoms. The minimum absolute atomic E-state index is 0.128. The van der Waals surface area contributed by atoms with Crippen molar-refractivity contribution in [2.75, 3.05) is 6.54 Å². The molecular formula is C14H18FNO. The molecule has 3 rings (SSSR count). The van der Waals surface area contributed by atoms with E-state index in [9.17, 15) is 9.50 Å². The molecule has 0 spiro atoms. The Morgan fingerprint density at radius 2 is 2.24 bits per heavy atom. The predicted octanol–water partition coefficient (Wildman–Crippen LogP) is 2.10. The monoisotopic (exact) mass is 235 g/mol. The summed E-state index contributed by atoms with van der Waals surface area (Å²) < 4.78 is 13.2. The van der Waals surface area contributed by atoms with Gasteiger partial charge in [-0.3, -0.25) is 0 Å². The summed E-state index contributed by atoms with van der Waals surface area (Å²) in [4.78, 5) is 0. The van der Waals surface area contributed by atoms with Crippen LogP contribution in [-0.4, -0.2) is 17.7 Å². The molecule has 2 atom stereocenters. The Bertz CT molecular complexity index is 428. The van der Waals surface area contributed by atoms with Crippen LogP contribution in [0.5, 0.6) is 0 Å². The molecule has 2 nitrogen and oxygen atoms in total. The number of rotatable bonds is 1. The first-order valence-electron chi connectivity index (χ1n) is 6.45. The van der Waals surface area contributed by atoms with E-state index in [2.05, 4.69) is 5.32 Å². The number of aryl methyl sites for hydroxylation is 1. The third-order valence-corrected chi connectivity index (χ3v) is 4.20. The van der Waals surface area contributed by atoms with Gasteiger partial charge in [0.1, 0.15) is 11.4 Å². The van der Waals surface area contributed by atoms with Gasteiger partial charge >= 0.3 is 0 Å². The molecule has 3 heteroatoms. The second-order valence-corrected chi connectivity index (χ2v) is 5.23. The summed E-state index contributed by atoms with van der Waals surface area (Å²) in [5, 5.41) is 14.3. The average molecular weight is 235 g/mol. The van der Waals surface area contributed by atoms with Crippen LogP contribution in [0.3, 0.4) is 0 Å². The standard InChI is InChI=1S/C14H18FNO/c15-11-4-5-12-10(9-11)6-7-14(12,17)13-3-1-2-8-16-13/h4-5,9,13,16-17H,1-3,6-8H2. The largest absolute Gasteiger partial charge is 0.384 e. The molecule has 1 saturated heterocycles. The fraction of sp³-hybridized carbons (Fsp3) is 0.571. The van der Waals surface area contributed by atoms with E-state index in [4.69, 9.17) is 0 Å². The number of benzene rings is 1. The van der Waals surface area contributed by atoms with Crippen molar-refractivity contribution in [3.05, 3.63) is 35.1 Å². The van der Waals surface area contributed by atoms with E-state index in [1.54, 1.807) is 12.1 Å². The fourth-order valence-electron chi connectivity index (χ4n) is 3.27. The number of nitrogens with one attached hydrogen (secondary N) is 1. The van der Waals surface area contributed by atoms with E-state index in [1.807, 2.05) is 0 Å². The molecule has 0 amide bonds. The maximum atomic E-state index is 13.2. The molecule has 2 aliphatic rings. The lowest BCUT2D eigenvalue weighted by molar-refractivity contribution is -0.0104. The van der Waals surface area contributed by atoms with Gasteiger partial charge in [0, 0.05) is 6.04 Å². The van der Waals surface area contributed by atoms with Crippen molar-refractivity contribution < 1.29 is 9.50 Å². The number of hydrogen-bond acceptors (Lipinski definition) is 2. The van der Waals surface area contributed by atoms with Gasteiger partial charge in [-0.15, -0.1) is 0 Å².